The normalized spacial score (nSPS) is 12.0. The van der Waals surface area contributed by atoms with Gasteiger partial charge in [-0.1, -0.05) is 36.0 Å². The first-order valence-electron chi connectivity index (χ1n) is 9.27. The van der Waals surface area contributed by atoms with Crippen molar-refractivity contribution in [2.45, 2.75) is 17.3 Å². The van der Waals surface area contributed by atoms with Crippen LogP contribution in [0, 0.1) is 0 Å². The number of esters is 1. The van der Waals surface area contributed by atoms with E-state index in [9.17, 15) is 4.79 Å². The van der Waals surface area contributed by atoms with Crippen LogP contribution in [0.5, 0.6) is 0 Å². The van der Waals surface area contributed by atoms with E-state index in [2.05, 4.69) is 39.5 Å². The van der Waals surface area contributed by atoms with Gasteiger partial charge < -0.3 is 9.30 Å². The van der Waals surface area contributed by atoms with E-state index < -0.39 is 0 Å². The first kappa shape index (κ1) is 19.8. The molecular weight excluding hydrogens is 400 g/mol. The molecule has 2 aromatic heterocycles. The zero-order chi connectivity index (χ0) is 21.1. The van der Waals surface area contributed by atoms with Crippen LogP contribution in [0.2, 0.25) is 0 Å². The third-order valence-corrected chi connectivity index (χ3v) is 5.82. The van der Waals surface area contributed by atoms with Gasteiger partial charge in [-0.25, -0.2) is 4.79 Å². The van der Waals surface area contributed by atoms with E-state index in [-0.39, 0.29) is 11.2 Å². The largest absolute Gasteiger partial charge is 0.465 e. The molecule has 1 atom stereocenters. The average Bonchev–Trinajstić information content (AvgIpc) is 3.43. The van der Waals surface area contributed by atoms with Crippen molar-refractivity contribution >= 4 is 17.7 Å². The summed E-state index contributed by atoms with van der Waals surface area (Å²) in [6.07, 6.45) is 3.40. The highest BCUT2D eigenvalue weighted by Gasteiger charge is 2.13. The number of ether oxygens (including phenoxy) is 1. The summed E-state index contributed by atoms with van der Waals surface area (Å²) >= 11 is 1.64. The lowest BCUT2D eigenvalue weighted by Gasteiger charge is -2.12. The number of carbonyl (C=O) groups is 1. The Kier molecular flexibility index (Phi) is 5.62. The molecule has 0 aliphatic heterocycles. The molecule has 0 spiro atoms. The summed E-state index contributed by atoms with van der Waals surface area (Å²) in [5.74, 6) is -0.365. The lowest BCUT2D eigenvalue weighted by Crippen LogP contribution is -2.01. The van der Waals surface area contributed by atoms with Gasteiger partial charge in [-0.15, -0.1) is 15.3 Å². The second kappa shape index (κ2) is 8.50. The molecule has 0 saturated heterocycles. The second-order valence-electron chi connectivity index (χ2n) is 6.67. The van der Waals surface area contributed by atoms with Crippen LogP contribution < -0.4 is 0 Å². The number of aryl methyl sites for hydroxylation is 1. The van der Waals surface area contributed by atoms with Crippen molar-refractivity contribution in [1.29, 1.82) is 0 Å². The summed E-state index contributed by atoms with van der Waals surface area (Å²) in [6, 6.07) is 15.2. The number of carbonyl (C=O) groups excluding carboxylic acids is 1. The van der Waals surface area contributed by atoms with Crippen molar-refractivity contribution in [1.82, 2.24) is 29.8 Å². The first-order valence-corrected chi connectivity index (χ1v) is 10.1. The van der Waals surface area contributed by atoms with E-state index in [1.807, 2.05) is 35.9 Å². The van der Waals surface area contributed by atoms with Gasteiger partial charge in [0.05, 0.1) is 24.6 Å². The highest BCUT2D eigenvalue weighted by molar-refractivity contribution is 7.99. The van der Waals surface area contributed by atoms with E-state index in [1.165, 1.54) is 7.11 Å². The van der Waals surface area contributed by atoms with Crippen molar-refractivity contribution in [3.8, 4) is 16.9 Å². The quantitative estimate of drug-likeness (QED) is 0.347. The number of nitrogens with zero attached hydrogens (tertiary/aromatic N) is 6. The summed E-state index contributed by atoms with van der Waals surface area (Å²) in [6.45, 7) is 2.13. The maximum absolute atomic E-state index is 11.6. The Balaban J connectivity index is 1.54. The molecule has 0 saturated carbocycles. The van der Waals surface area contributed by atoms with Crippen molar-refractivity contribution in [3.63, 3.8) is 0 Å². The van der Waals surface area contributed by atoms with Crippen molar-refractivity contribution in [2.75, 3.05) is 7.11 Å². The van der Waals surface area contributed by atoms with Crippen LogP contribution in [0.1, 0.15) is 28.1 Å². The Morgan fingerprint density at radius 1 is 1.17 bits per heavy atom. The van der Waals surface area contributed by atoms with Crippen LogP contribution in [0.3, 0.4) is 0 Å². The molecule has 4 rings (SSSR count). The molecule has 8 nitrogen and oxygen atoms in total. The minimum atomic E-state index is -0.365. The van der Waals surface area contributed by atoms with Gasteiger partial charge in [0.1, 0.15) is 12.0 Å². The molecule has 0 amide bonds. The molecule has 9 heteroatoms. The molecule has 152 valence electrons. The third-order valence-electron chi connectivity index (χ3n) is 4.62. The molecule has 0 bridgehead atoms. The van der Waals surface area contributed by atoms with Crippen molar-refractivity contribution in [2.24, 2.45) is 7.05 Å². The lowest BCUT2D eigenvalue weighted by molar-refractivity contribution is 0.0601. The number of methoxy groups -OCH3 is 1. The number of benzene rings is 2. The smallest absolute Gasteiger partial charge is 0.337 e. The average molecular weight is 420 g/mol. The molecule has 4 aromatic rings. The molecule has 2 heterocycles. The van der Waals surface area contributed by atoms with E-state index >= 15 is 0 Å². The number of rotatable bonds is 6. The Bertz CT molecular complexity index is 1170. The van der Waals surface area contributed by atoms with E-state index in [0.29, 0.717) is 5.56 Å². The Morgan fingerprint density at radius 3 is 2.67 bits per heavy atom. The summed E-state index contributed by atoms with van der Waals surface area (Å²) in [4.78, 5) is 13.2. The second-order valence-corrected chi connectivity index (χ2v) is 7.98. The van der Waals surface area contributed by atoms with Crippen LogP contribution in [0.4, 0.5) is 0 Å². The molecule has 0 aliphatic carbocycles. The van der Waals surface area contributed by atoms with Crippen molar-refractivity contribution in [3.05, 3.63) is 72.2 Å². The molecule has 0 fully saturated rings. The summed E-state index contributed by atoms with van der Waals surface area (Å²) < 4.78 is 6.63. The molecule has 0 aliphatic rings. The maximum atomic E-state index is 11.6. The standard InChI is InChI=1S/C21H20N6O2S/c1-14(30-21-24-22-13-26(21)2)17-5-4-6-18(11-17)27-23-12-19(25-27)15-7-9-16(10-8-15)20(28)29-3/h4-14H,1-3H3. The van der Waals surface area contributed by atoms with Crippen LogP contribution in [-0.2, 0) is 11.8 Å². The van der Waals surface area contributed by atoms with Crippen LogP contribution in [0.15, 0.2) is 66.2 Å². The molecule has 30 heavy (non-hydrogen) atoms. The van der Waals surface area contributed by atoms with Gasteiger partial charge in [0.2, 0.25) is 0 Å². The van der Waals surface area contributed by atoms with Gasteiger partial charge in [0, 0.05) is 17.9 Å². The van der Waals surface area contributed by atoms with E-state index in [0.717, 1.165) is 27.7 Å². The predicted molar refractivity (Wildman–Crippen MR) is 113 cm³/mol. The fourth-order valence-electron chi connectivity index (χ4n) is 2.92. The Labute approximate surface area is 177 Å². The SMILES string of the molecule is COC(=O)c1ccc(-c2cnn(-c3cccc(C(C)Sc4nncn4C)c3)n2)cc1. The fraction of sp³-hybridized carbons (Fsp3) is 0.190. The first-order chi connectivity index (χ1) is 14.5. The Morgan fingerprint density at radius 2 is 1.97 bits per heavy atom. The molecular formula is C21H20N6O2S. The predicted octanol–water partition coefficient (Wildman–Crippen LogP) is 3.70. The van der Waals surface area contributed by atoms with Crippen LogP contribution in [0.25, 0.3) is 16.9 Å². The maximum Gasteiger partial charge on any atom is 0.337 e. The van der Waals surface area contributed by atoms with Crippen molar-refractivity contribution < 1.29 is 9.53 Å². The molecule has 1 unspecified atom stereocenters. The summed E-state index contributed by atoms with van der Waals surface area (Å²) in [5, 5.41) is 18.1. The minimum Gasteiger partial charge on any atom is -0.465 e. The van der Waals surface area contributed by atoms with Gasteiger partial charge >= 0.3 is 5.97 Å². The topological polar surface area (TPSA) is 87.7 Å². The van der Waals surface area contributed by atoms with Crippen LogP contribution >= 0.6 is 11.8 Å². The minimum absolute atomic E-state index is 0.189. The highest BCUT2D eigenvalue weighted by Crippen LogP contribution is 2.33. The van der Waals surface area contributed by atoms with E-state index in [4.69, 9.17) is 4.74 Å². The van der Waals surface area contributed by atoms with Gasteiger partial charge in [-0.2, -0.15) is 9.90 Å². The number of hydrogen-bond donors (Lipinski definition) is 0. The zero-order valence-corrected chi connectivity index (χ0v) is 17.6. The number of thioether (sulfide) groups is 1. The summed E-state index contributed by atoms with van der Waals surface area (Å²) in [7, 11) is 3.29. The monoisotopic (exact) mass is 420 g/mol. The Hall–Kier alpha value is -3.46. The zero-order valence-electron chi connectivity index (χ0n) is 16.8. The number of hydrogen-bond acceptors (Lipinski definition) is 7. The molecule has 0 N–H and O–H groups in total. The highest BCUT2D eigenvalue weighted by atomic mass is 32.2. The third kappa shape index (κ3) is 4.11. The number of aromatic nitrogens is 6. The van der Waals surface area contributed by atoms with E-state index in [1.54, 1.807) is 41.2 Å². The van der Waals surface area contributed by atoms with Gasteiger partial charge in [-0.3, -0.25) is 0 Å². The van der Waals surface area contributed by atoms with Gasteiger partial charge in [0.15, 0.2) is 5.16 Å². The molecule has 2 aromatic carbocycles. The fourth-order valence-corrected chi connectivity index (χ4v) is 3.83. The molecule has 0 radical (unpaired) electrons. The summed E-state index contributed by atoms with van der Waals surface area (Å²) in [5.41, 5.74) is 4.10. The lowest BCUT2D eigenvalue weighted by atomic mass is 10.1. The van der Waals surface area contributed by atoms with Crippen LogP contribution in [-0.4, -0.2) is 42.8 Å². The van der Waals surface area contributed by atoms with Gasteiger partial charge in [-0.05, 0) is 36.8 Å². The van der Waals surface area contributed by atoms with Gasteiger partial charge in [0.25, 0.3) is 0 Å².